The van der Waals surface area contributed by atoms with Gasteiger partial charge in [0.25, 0.3) is 10.0 Å². The summed E-state index contributed by atoms with van der Waals surface area (Å²) < 4.78 is 41.9. The molecule has 1 unspecified atom stereocenters. The fourth-order valence-electron chi connectivity index (χ4n) is 4.78. The monoisotopic (exact) mass is 618 g/mol. The Bertz CT molecular complexity index is 1680. The quantitative estimate of drug-likeness (QED) is 0.271. The molecule has 13 heteroatoms. The van der Waals surface area contributed by atoms with Gasteiger partial charge in [0.15, 0.2) is 5.82 Å². The topological polar surface area (TPSA) is 124 Å². The first-order chi connectivity index (χ1) is 19.3. The minimum atomic E-state index is -4.42. The van der Waals surface area contributed by atoms with Crippen LogP contribution in [0, 0.1) is 5.41 Å². The van der Waals surface area contributed by atoms with Crippen molar-refractivity contribution in [1.29, 1.82) is 0 Å². The Labute approximate surface area is 247 Å². The van der Waals surface area contributed by atoms with Crippen LogP contribution in [-0.2, 0) is 19.6 Å². The first-order valence-corrected chi connectivity index (χ1v) is 15.0. The molecule has 0 aliphatic carbocycles. The maximum Gasteiger partial charge on any atom is 0.328 e. The van der Waals surface area contributed by atoms with Crippen molar-refractivity contribution in [2.45, 2.75) is 44.2 Å². The van der Waals surface area contributed by atoms with Crippen molar-refractivity contribution in [2.75, 3.05) is 17.5 Å². The second-order valence-electron chi connectivity index (χ2n) is 10.8. The van der Waals surface area contributed by atoms with Gasteiger partial charge in [0.1, 0.15) is 12.1 Å². The van der Waals surface area contributed by atoms with Crippen molar-refractivity contribution in [3.8, 4) is 11.7 Å². The van der Waals surface area contributed by atoms with Crippen molar-refractivity contribution in [2.24, 2.45) is 5.41 Å². The molecule has 1 N–H and O–H groups in total. The summed E-state index contributed by atoms with van der Waals surface area (Å²) in [4.78, 5) is 21.2. The largest absolute Gasteiger partial charge is 0.480 e. The highest BCUT2D eigenvalue weighted by atomic mass is 35.5. The number of aromatic nitrogens is 3. The fourth-order valence-corrected chi connectivity index (χ4v) is 7.29. The van der Waals surface area contributed by atoms with Gasteiger partial charge in [0.05, 0.1) is 41.7 Å². The van der Waals surface area contributed by atoms with Gasteiger partial charge in [-0.1, -0.05) is 44.0 Å². The van der Waals surface area contributed by atoms with Gasteiger partial charge in [-0.3, -0.25) is 8.87 Å². The number of benzene rings is 2. The van der Waals surface area contributed by atoms with E-state index in [0.29, 0.717) is 35.8 Å². The number of sulfonamides is 1. The predicted molar refractivity (Wildman–Crippen MR) is 156 cm³/mol. The summed E-state index contributed by atoms with van der Waals surface area (Å²) in [7, 11) is -4.42. The highest BCUT2D eigenvalue weighted by Gasteiger charge is 2.43. The lowest BCUT2D eigenvalue weighted by Gasteiger charge is -2.37. The Balaban J connectivity index is 1.56. The number of rotatable bonds is 8. The number of hydrogen-bond donors (Lipinski definition) is 1. The Morgan fingerprint density at radius 3 is 2.44 bits per heavy atom. The molecule has 4 aromatic rings. The molecule has 0 spiro atoms. The van der Waals surface area contributed by atoms with Crippen LogP contribution in [-0.4, -0.2) is 59.4 Å². The zero-order valence-electron chi connectivity index (χ0n) is 22.5. The first-order valence-electron chi connectivity index (χ1n) is 12.8. The Hall–Kier alpha value is -3.38. The molecule has 0 bridgehead atoms. The van der Waals surface area contributed by atoms with Crippen LogP contribution in [0.25, 0.3) is 16.7 Å². The molecule has 10 nitrogen and oxygen atoms in total. The predicted octanol–water partition coefficient (Wildman–Crippen LogP) is 5.59. The fraction of sp³-hybridized carbons (Fsp3) is 0.321. The zero-order valence-corrected chi connectivity index (χ0v) is 24.8. The first kappa shape index (κ1) is 29.1. The van der Waals surface area contributed by atoms with E-state index in [4.69, 9.17) is 32.7 Å². The normalized spacial score (nSPS) is 16.6. The molecular formula is C28H28Cl2N4O6S. The molecule has 2 atom stereocenters. The van der Waals surface area contributed by atoms with E-state index in [1.165, 1.54) is 18.2 Å². The molecule has 0 amide bonds. The van der Waals surface area contributed by atoms with Crippen molar-refractivity contribution in [3.05, 3.63) is 71.1 Å². The molecule has 41 heavy (non-hydrogen) atoms. The van der Waals surface area contributed by atoms with Gasteiger partial charge in [-0.05, 0) is 47.9 Å². The van der Waals surface area contributed by atoms with Gasteiger partial charge in [-0.25, -0.2) is 23.2 Å². The lowest BCUT2D eigenvalue weighted by atomic mass is 9.86. The summed E-state index contributed by atoms with van der Waals surface area (Å²) in [5, 5.41) is 11.1. The Morgan fingerprint density at radius 1 is 1.12 bits per heavy atom. The molecule has 1 aliphatic rings. The lowest BCUT2D eigenvalue weighted by molar-refractivity contribution is -0.140. The number of anilines is 1. The number of fused-ring (bicyclic) bond motifs is 1. The molecule has 5 rings (SSSR count). The number of nitrogens with zero attached hydrogens (tertiary/aromatic N) is 4. The highest BCUT2D eigenvalue weighted by Crippen LogP contribution is 2.37. The van der Waals surface area contributed by atoms with E-state index in [1.54, 1.807) is 68.2 Å². The molecular weight excluding hydrogens is 591 g/mol. The summed E-state index contributed by atoms with van der Waals surface area (Å²) >= 11 is 12.2. The van der Waals surface area contributed by atoms with Crippen LogP contribution < -0.4 is 9.04 Å². The number of halogens is 2. The molecule has 0 saturated carbocycles. The molecule has 1 fully saturated rings. The zero-order chi connectivity index (χ0) is 29.5. The van der Waals surface area contributed by atoms with Crippen LogP contribution in [0.5, 0.6) is 5.88 Å². The molecule has 1 saturated heterocycles. The van der Waals surface area contributed by atoms with Gasteiger partial charge in [-0.15, -0.1) is 0 Å². The van der Waals surface area contributed by atoms with E-state index < -0.39 is 27.4 Å². The lowest BCUT2D eigenvalue weighted by Crippen LogP contribution is -2.52. The van der Waals surface area contributed by atoms with Crippen LogP contribution in [0.3, 0.4) is 0 Å². The average Bonchev–Trinajstić information content (AvgIpc) is 3.55. The van der Waals surface area contributed by atoms with E-state index in [9.17, 15) is 18.3 Å². The minimum absolute atomic E-state index is 0.0501. The summed E-state index contributed by atoms with van der Waals surface area (Å²) in [5.74, 6) is -0.376. The number of carboxylic acids is 1. The van der Waals surface area contributed by atoms with Gasteiger partial charge in [-0.2, -0.15) is 0 Å². The summed E-state index contributed by atoms with van der Waals surface area (Å²) in [6.45, 7) is 6.17. The van der Waals surface area contributed by atoms with Gasteiger partial charge < -0.3 is 14.6 Å². The molecule has 0 radical (unpaired) electrons. The second kappa shape index (κ2) is 11.1. The number of ether oxygens (including phenoxy) is 2. The van der Waals surface area contributed by atoms with E-state index in [2.05, 4.69) is 9.97 Å². The van der Waals surface area contributed by atoms with Gasteiger partial charge in [0.2, 0.25) is 5.88 Å². The van der Waals surface area contributed by atoms with Crippen molar-refractivity contribution in [1.82, 2.24) is 14.5 Å². The van der Waals surface area contributed by atoms with Crippen molar-refractivity contribution >= 4 is 55.8 Å². The average molecular weight is 620 g/mol. The van der Waals surface area contributed by atoms with Crippen LogP contribution in [0.2, 0.25) is 10.0 Å². The van der Waals surface area contributed by atoms with Crippen LogP contribution in [0.1, 0.15) is 27.2 Å². The van der Waals surface area contributed by atoms with E-state index in [1.807, 2.05) is 0 Å². The third-order valence-corrected chi connectivity index (χ3v) is 8.85. The number of aliphatic carboxylic acids is 1. The minimum Gasteiger partial charge on any atom is -0.480 e. The maximum absolute atomic E-state index is 14.1. The third kappa shape index (κ3) is 5.99. The number of carboxylic acid groups (broad SMARTS) is 1. The van der Waals surface area contributed by atoms with Crippen LogP contribution in [0.4, 0.5) is 5.69 Å². The third-order valence-electron chi connectivity index (χ3n) is 6.65. The molecule has 3 heterocycles. The molecule has 2 aromatic carbocycles. The SMILES string of the molecule is CC(C)(C)C(C(=O)O)N(c1ccc2c(ccn2-c2cnc(O[C@H]3CCOC3)cn2)c1)S(=O)(=O)c1cc(Cl)cc(Cl)c1. The van der Waals surface area contributed by atoms with Gasteiger partial charge in [0, 0.05) is 28.0 Å². The Morgan fingerprint density at radius 2 is 1.85 bits per heavy atom. The molecule has 1 aliphatic heterocycles. The smallest absolute Gasteiger partial charge is 0.328 e. The number of hydrogen-bond acceptors (Lipinski definition) is 7. The standard InChI is InChI=1S/C28H28Cl2N4O6S/c1-28(2,3)26(27(35)36)34(41(37,38)22-12-18(29)11-19(30)13-22)20-4-5-23-17(10-20)6-8-33(23)24-14-32-25(15-31-24)40-21-7-9-39-16-21/h4-6,8,10-15,21,26H,7,9,16H2,1-3H3,(H,35,36)/t21-,26?/m0/s1. The molecule has 2 aromatic heterocycles. The van der Waals surface area contributed by atoms with E-state index in [0.717, 1.165) is 10.7 Å². The van der Waals surface area contributed by atoms with E-state index in [-0.39, 0.29) is 26.7 Å². The maximum atomic E-state index is 14.1. The number of carbonyl (C=O) groups is 1. The summed E-state index contributed by atoms with van der Waals surface area (Å²) in [6, 6.07) is 9.14. The van der Waals surface area contributed by atoms with Crippen molar-refractivity contribution in [3.63, 3.8) is 0 Å². The van der Waals surface area contributed by atoms with Crippen LogP contribution >= 0.6 is 23.2 Å². The second-order valence-corrected chi connectivity index (χ2v) is 13.4. The summed E-state index contributed by atoms with van der Waals surface area (Å²) in [6.07, 6.45) is 5.64. The summed E-state index contributed by atoms with van der Waals surface area (Å²) in [5.41, 5.74) is -0.0967. The van der Waals surface area contributed by atoms with Crippen molar-refractivity contribution < 1.29 is 27.8 Å². The van der Waals surface area contributed by atoms with Crippen LogP contribution in [0.15, 0.2) is 66.0 Å². The molecule has 216 valence electrons. The van der Waals surface area contributed by atoms with Gasteiger partial charge >= 0.3 is 5.97 Å². The Kier molecular flexibility index (Phi) is 7.90. The highest BCUT2D eigenvalue weighted by molar-refractivity contribution is 7.93. The van der Waals surface area contributed by atoms with E-state index >= 15 is 0 Å².